The van der Waals surface area contributed by atoms with E-state index in [4.69, 9.17) is 0 Å². The van der Waals surface area contributed by atoms with Crippen LogP contribution in [0.2, 0.25) is 0 Å². The smallest absolute Gasteiger partial charge is 0.163 e. The van der Waals surface area contributed by atoms with Crippen molar-refractivity contribution in [2.75, 3.05) is 4.90 Å². The number of aromatic nitrogens is 4. The van der Waals surface area contributed by atoms with Gasteiger partial charge in [0.2, 0.25) is 0 Å². The van der Waals surface area contributed by atoms with Crippen LogP contribution in [0.25, 0.3) is 11.0 Å². The topological polar surface area (TPSA) is 46.8 Å². The van der Waals surface area contributed by atoms with Gasteiger partial charge in [-0.3, -0.25) is 4.68 Å². The number of hydrogen-bond donors (Lipinski definition) is 0. The molecule has 1 aliphatic rings. The SMILES string of the molecule is C[C@H]1Cc2ccccc2N1c1ncnc2c1cnn2C. The molecule has 0 unspecified atom stereocenters. The summed E-state index contributed by atoms with van der Waals surface area (Å²) in [6.07, 6.45) is 4.51. The fourth-order valence-corrected chi connectivity index (χ4v) is 3.03. The van der Waals surface area contributed by atoms with Crippen LogP contribution < -0.4 is 4.90 Å². The number of anilines is 2. The maximum atomic E-state index is 4.51. The molecule has 5 nitrogen and oxygen atoms in total. The highest BCUT2D eigenvalue weighted by atomic mass is 15.3. The van der Waals surface area contributed by atoms with Gasteiger partial charge in [0.15, 0.2) is 5.65 Å². The molecule has 0 saturated carbocycles. The summed E-state index contributed by atoms with van der Waals surface area (Å²) in [7, 11) is 1.90. The molecule has 0 radical (unpaired) electrons. The summed E-state index contributed by atoms with van der Waals surface area (Å²) in [6.45, 7) is 2.23. The molecule has 0 saturated heterocycles. The van der Waals surface area contributed by atoms with Crippen LogP contribution in [0.1, 0.15) is 12.5 Å². The van der Waals surface area contributed by atoms with Crippen LogP contribution in [0.15, 0.2) is 36.8 Å². The fourth-order valence-electron chi connectivity index (χ4n) is 3.03. The van der Waals surface area contributed by atoms with Crippen LogP contribution in [0, 0.1) is 0 Å². The van der Waals surface area contributed by atoms with Gasteiger partial charge in [0.05, 0.1) is 11.6 Å². The van der Waals surface area contributed by atoms with Crippen molar-refractivity contribution >= 4 is 22.5 Å². The molecule has 20 heavy (non-hydrogen) atoms. The summed E-state index contributed by atoms with van der Waals surface area (Å²) >= 11 is 0. The summed E-state index contributed by atoms with van der Waals surface area (Å²) in [4.78, 5) is 11.1. The quantitative estimate of drug-likeness (QED) is 0.678. The Morgan fingerprint density at radius 2 is 2.05 bits per heavy atom. The molecule has 2 aromatic heterocycles. The first-order valence-electron chi connectivity index (χ1n) is 6.75. The van der Waals surface area contributed by atoms with Crippen molar-refractivity contribution in [3.05, 3.63) is 42.4 Å². The Morgan fingerprint density at radius 3 is 2.95 bits per heavy atom. The largest absolute Gasteiger partial charge is 0.322 e. The molecular weight excluding hydrogens is 250 g/mol. The van der Waals surface area contributed by atoms with Crippen molar-refractivity contribution in [1.82, 2.24) is 19.7 Å². The van der Waals surface area contributed by atoms with Crippen LogP contribution in [-0.2, 0) is 13.5 Å². The predicted octanol–water partition coefficient (Wildman–Crippen LogP) is 2.45. The lowest BCUT2D eigenvalue weighted by Gasteiger charge is -2.24. The van der Waals surface area contributed by atoms with Gasteiger partial charge in [-0.2, -0.15) is 5.10 Å². The Kier molecular flexibility index (Phi) is 2.30. The first-order chi connectivity index (χ1) is 9.75. The van der Waals surface area contributed by atoms with E-state index in [9.17, 15) is 0 Å². The van der Waals surface area contributed by atoms with E-state index < -0.39 is 0 Å². The van der Waals surface area contributed by atoms with E-state index in [0.29, 0.717) is 6.04 Å². The summed E-state index contributed by atoms with van der Waals surface area (Å²) in [5.74, 6) is 0.945. The molecule has 4 rings (SSSR count). The van der Waals surface area contributed by atoms with E-state index in [2.05, 4.69) is 51.2 Å². The normalized spacial score (nSPS) is 17.7. The van der Waals surface area contributed by atoms with Crippen molar-refractivity contribution in [3.8, 4) is 0 Å². The van der Waals surface area contributed by atoms with Crippen LogP contribution in [0.4, 0.5) is 11.5 Å². The lowest BCUT2D eigenvalue weighted by atomic mass is 10.1. The van der Waals surface area contributed by atoms with Crippen LogP contribution in [-0.4, -0.2) is 25.8 Å². The maximum absolute atomic E-state index is 4.51. The number of benzene rings is 1. The van der Waals surface area contributed by atoms with E-state index >= 15 is 0 Å². The van der Waals surface area contributed by atoms with Gasteiger partial charge >= 0.3 is 0 Å². The maximum Gasteiger partial charge on any atom is 0.163 e. The molecule has 3 aromatic rings. The Bertz CT molecular complexity index is 792. The van der Waals surface area contributed by atoms with Gasteiger partial charge in [-0.1, -0.05) is 18.2 Å². The van der Waals surface area contributed by atoms with Crippen LogP contribution in [0.5, 0.6) is 0 Å². The van der Waals surface area contributed by atoms with Gasteiger partial charge in [0.25, 0.3) is 0 Å². The first-order valence-corrected chi connectivity index (χ1v) is 6.75. The van der Waals surface area contributed by atoms with E-state index in [1.807, 2.05) is 13.2 Å². The van der Waals surface area contributed by atoms with Gasteiger partial charge in [-0.05, 0) is 25.0 Å². The predicted molar refractivity (Wildman–Crippen MR) is 78.1 cm³/mol. The Morgan fingerprint density at radius 1 is 1.20 bits per heavy atom. The second-order valence-electron chi connectivity index (χ2n) is 5.25. The third-order valence-electron chi connectivity index (χ3n) is 3.94. The molecule has 1 atom stereocenters. The monoisotopic (exact) mass is 265 g/mol. The zero-order valence-electron chi connectivity index (χ0n) is 11.5. The van der Waals surface area contributed by atoms with Gasteiger partial charge in [0.1, 0.15) is 12.1 Å². The highest BCUT2D eigenvalue weighted by Gasteiger charge is 2.29. The second kappa shape index (κ2) is 4.03. The first kappa shape index (κ1) is 11.4. The molecule has 0 aliphatic carbocycles. The average molecular weight is 265 g/mol. The minimum absolute atomic E-state index is 0.394. The average Bonchev–Trinajstić information content (AvgIpc) is 2.99. The molecule has 0 N–H and O–H groups in total. The van der Waals surface area contributed by atoms with Crippen LogP contribution in [0.3, 0.4) is 0 Å². The Labute approximate surface area is 116 Å². The van der Waals surface area contributed by atoms with Crippen molar-refractivity contribution in [3.63, 3.8) is 0 Å². The van der Waals surface area contributed by atoms with E-state index in [1.54, 1.807) is 11.0 Å². The molecule has 100 valence electrons. The number of para-hydroxylation sites is 1. The van der Waals surface area contributed by atoms with Crippen molar-refractivity contribution in [1.29, 1.82) is 0 Å². The summed E-state index contributed by atoms with van der Waals surface area (Å²) in [5.41, 5.74) is 3.48. The molecule has 1 aromatic carbocycles. The number of rotatable bonds is 1. The standard InChI is InChI=1S/C15H15N5/c1-10-7-11-5-3-4-6-13(11)20(10)15-12-8-18-19(2)14(12)16-9-17-15/h3-6,8-10H,7H2,1-2H3/t10-/m0/s1. The molecule has 3 heterocycles. The molecule has 0 fully saturated rings. The number of aryl methyl sites for hydroxylation is 1. The van der Waals surface area contributed by atoms with Gasteiger partial charge in [-0.25, -0.2) is 9.97 Å². The third-order valence-corrected chi connectivity index (χ3v) is 3.94. The number of fused-ring (bicyclic) bond motifs is 2. The highest BCUT2D eigenvalue weighted by molar-refractivity contribution is 5.90. The van der Waals surface area contributed by atoms with Crippen LogP contribution >= 0.6 is 0 Å². The number of nitrogens with zero attached hydrogens (tertiary/aromatic N) is 5. The molecule has 0 spiro atoms. The zero-order chi connectivity index (χ0) is 13.7. The van der Waals surface area contributed by atoms with E-state index in [-0.39, 0.29) is 0 Å². The zero-order valence-corrected chi connectivity index (χ0v) is 11.5. The molecule has 5 heteroatoms. The van der Waals surface area contributed by atoms with Crippen molar-refractivity contribution in [2.24, 2.45) is 7.05 Å². The van der Waals surface area contributed by atoms with Crippen molar-refractivity contribution < 1.29 is 0 Å². The van der Waals surface area contributed by atoms with Crippen molar-refractivity contribution in [2.45, 2.75) is 19.4 Å². The van der Waals surface area contributed by atoms with Gasteiger partial charge in [0, 0.05) is 18.8 Å². The second-order valence-corrected chi connectivity index (χ2v) is 5.25. The molecular formula is C15H15N5. The van der Waals surface area contributed by atoms with Gasteiger partial charge in [-0.15, -0.1) is 0 Å². The molecule has 0 bridgehead atoms. The molecule has 1 aliphatic heterocycles. The summed E-state index contributed by atoms with van der Waals surface area (Å²) in [6, 6.07) is 8.90. The highest BCUT2D eigenvalue weighted by Crippen LogP contribution is 2.39. The Balaban J connectivity index is 1.96. The number of hydrogen-bond acceptors (Lipinski definition) is 4. The van der Waals surface area contributed by atoms with Gasteiger partial charge < -0.3 is 4.90 Å². The van der Waals surface area contributed by atoms with E-state index in [0.717, 1.165) is 23.3 Å². The summed E-state index contributed by atoms with van der Waals surface area (Å²) in [5, 5.41) is 5.29. The van der Waals surface area contributed by atoms with E-state index in [1.165, 1.54) is 11.3 Å². The third kappa shape index (κ3) is 1.46. The fraction of sp³-hybridized carbons (Fsp3) is 0.267. The summed E-state index contributed by atoms with van der Waals surface area (Å²) < 4.78 is 1.78. The molecule has 0 amide bonds. The lowest BCUT2D eigenvalue weighted by Crippen LogP contribution is -2.25. The minimum atomic E-state index is 0.394. The Hall–Kier alpha value is -2.43. The lowest BCUT2D eigenvalue weighted by molar-refractivity contribution is 0.751. The minimum Gasteiger partial charge on any atom is -0.322 e.